The molecule has 4 aliphatic rings. The van der Waals surface area contributed by atoms with Crippen LogP contribution in [0.2, 0.25) is 0 Å². The molecule has 31 heavy (non-hydrogen) atoms. The second-order valence-corrected chi connectivity index (χ2v) is 11.5. The lowest BCUT2D eigenvalue weighted by Gasteiger charge is -2.62. The van der Waals surface area contributed by atoms with Gasteiger partial charge in [0.25, 0.3) is 0 Å². The van der Waals surface area contributed by atoms with E-state index in [1.54, 1.807) is 0 Å². The topological polar surface area (TPSA) is 72.8 Å². The van der Waals surface area contributed by atoms with Crippen LogP contribution in [0.5, 0.6) is 0 Å². The molecule has 4 rings (SSSR count). The molecule has 0 aromatic heterocycles. The highest BCUT2D eigenvalue weighted by Crippen LogP contribution is 2.68. The van der Waals surface area contributed by atoms with E-state index in [4.69, 9.17) is 9.47 Å². The van der Waals surface area contributed by atoms with Gasteiger partial charge >= 0.3 is 11.9 Å². The Labute approximate surface area is 187 Å². The summed E-state index contributed by atoms with van der Waals surface area (Å²) in [5, 5.41) is 11.5. The van der Waals surface area contributed by atoms with Crippen LogP contribution in [0.1, 0.15) is 91.4 Å². The largest absolute Gasteiger partial charge is 0.469 e. The van der Waals surface area contributed by atoms with Crippen LogP contribution in [0.25, 0.3) is 0 Å². The van der Waals surface area contributed by atoms with Crippen molar-refractivity contribution >= 4 is 11.9 Å². The van der Waals surface area contributed by atoms with E-state index in [9.17, 15) is 14.7 Å². The van der Waals surface area contributed by atoms with Crippen LogP contribution in [-0.4, -0.2) is 36.4 Å². The number of carbonyl (C=O) groups is 2. The first-order valence-corrected chi connectivity index (χ1v) is 12.6. The molecule has 9 atom stereocenters. The highest BCUT2D eigenvalue weighted by atomic mass is 16.5. The van der Waals surface area contributed by atoms with Crippen LogP contribution in [0.15, 0.2) is 0 Å². The molecule has 0 amide bonds. The van der Waals surface area contributed by atoms with E-state index in [0.29, 0.717) is 36.0 Å². The molecule has 0 aliphatic heterocycles. The molecule has 5 heteroatoms. The smallest absolute Gasteiger partial charge is 0.305 e. The van der Waals surface area contributed by atoms with Gasteiger partial charge in [-0.3, -0.25) is 9.59 Å². The molecular formula is C26H42O5. The number of aliphatic hydroxyl groups excluding tert-OH is 1. The number of methoxy groups -OCH3 is 1. The van der Waals surface area contributed by atoms with Crippen LogP contribution < -0.4 is 0 Å². The van der Waals surface area contributed by atoms with Crippen molar-refractivity contribution in [3.05, 3.63) is 0 Å². The molecule has 0 aromatic carbocycles. The third kappa shape index (κ3) is 3.94. The molecular weight excluding hydrogens is 392 g/mol. The van der Waals surface area contributed by atoms with Gasteiger partial charge in [-0.1, -0.05) is 13.8 Å². The summed E-state index contributed by atoms with van der Waals surface area (Å²) >= 11 is 0. The second-order valence-electron chi connectivity index (χ2n) is 11.5. The normalized spacial score (nSPS) is 46.4. The number of aliphatic hydroxyl groups is 1. The summed E-state index contributed by atoms with van der Waals surface area (Å²) in [6.45, 7) is 6.34. The van der Waals surface area contributed by atoms with Gasteiger partial charge in [0.1, 0.15) is 6.10 Å². The molecule has 4 fully saturated rings. The lowest BCUT2D eigenvalue weighted by atomic mass is 9.44. The number of rotatable bonds is 5. The maximum atomic E-state index is 11.6. The second kappa shape index (κ2) is 8.68. The Bertz CT molecular complexity index is 691. The van der Waals surface area contributed by atoms with Crippen molar-refractivity contribution in [2.45, 2.75) is 104 Å². The maximum absolute atomic E-state index is 11.6. The van der Waals surface area contributed by atoms with Crippen LogP contribution >= 0.6 is 0 Å². The van der Waals surface area contributed by atoms with Crippen molar-refractivity contribution in [2.75, 3.05) is 7.11 Å². The number of ether oxygens (including phenoxy) is 2. The fraction of sp³-hybridized carbons (Fsp3) is 0.923. The number of fused-ring (bicyclic) bond motifs is 5. The minimum atomic E-state index is -0.258. The Morgan fingerprint density at radius 2 is 1.81 bits per heavy atom. The van der Waals surface area contributed by atoms with Gasteiger partial charge in [-0.05, 0) is 105 Å². The number of esters is 2. The molecule has 0 spiro atoms. The van der Waals surface area contributed by atoms with E-state index < -0.39 is 0 Å². The van der Waals surface area contributed by atoms with Gasteiger partial charge in [-0.15, -0.1) is 0 Å². The summed E-state index contributed by atoms with van der Waals surface area (Å²) in [6, 6.07) is 0. The van der Waals surface area contributed by atoms with E-state index in [2.05, 4.69) is 13.8 Å². The molecule has 0 bridgehead atoms. The lowest BCUT2D eigenvalue weighted by molar-refractivity contribution is -0.178. The SMILES string of the molecule is COC(=O)CCC[C@H]1CC[C@H]2C3CC[C@@H]4C[C@H](OC(C)=O)CC[C@]4(C)[C@H]3C[C@H](O)[C@]12C. The van der Waals surface area contributed by atoms with E-state index >= 15 is 0 Å². The van der Waals surface area contributed by atoms with E-state index in [0.717, 1.165) is 38.5 Å². The third-order valence-corrected chi connectivity index (χ3v) is 10.4. The summed E-state index contributed by atoms with van der Waals surface area (Å²) in [6.07, 6.45) is 11.0. The zero-order valence-corrected chi connectivity index (χ0v) is 19.9. The van der Waals surface area contributed by atoms with Gasteiger partial charge in [-0.25, -0.2) is 0 Å². The predicted octanol–water partition coefficient (Wildman–Crippen LogP) is 4.89. The van der Waals surface area contributed by atoms with Crippen molar-refractivity contribution < 1.29 is 24.2 Å². The van der Waals surface area contributed by atoms with Gasteiger partial charge in [0.05, 0.1) is 13.2 Å². The highest BCUT2D eigenvalue weighted by molar-refractivity contribution is 5.69. The van der Waals surface area contributed by atoms with Gasteiger partial charge in [0, 0.05) is 13.3 Å². The lowest BCUT2D eigenvalue weighted by Crippen LogP contribution is -2.58. The van der Waals surface area contributed by atoms with Crippen LogP contribution in [0.3, 0.4) is 0 Å². The molecule has 0 radical (unpaired) electrons. The fourth-order valence-electron chi connectivity index (χ4n) is 8.71. The van der Waals surface area contributed by atoms with Crippen molar-refractivity contribution in [2.24, 2.45) is 40.4 Å². The molecule has 176 valence electrons. The van der Waals surface area contributed by atoms with Crippen LogP contribution in [0.4, 0.5) is 0 Å². The predicted molar refractivity (Wildman–Crippen MR) is 118 cm³/mol. The first-order chi connectivity index (χ1) is 14.7. The molecule has 1 unspecified atom stereocenters. The van der Waals surface area contributed by atoms with Gasteiger partial charge in [0.15, 0.2) is 0 Å². The van der Waals surface area contributed by atoms with Crippen LogP contribution in [-0.2, 0) is 19.1 Å². The third-order valence-electron chi connectivity index (χ3n) is 10.4. The first kappa shape index (κ1) is 23.1. The van der Waals surface area contributed by atoms with E-state index in [1.165, 1.54) is 39.7 Å². The summed E-state index contributed by atoms with van der Waals surface area (Å²) in [4.78, 5) is 23.0. The summed E-state index contributed by atoms with van der Waals surface area (Å²) in [5.74, 6) is 2.68. The van der Waals surface area contributed by atoms with E-state index in [1.807, 2.05) is 0 Å². The Kier molecular flexibility index (Phi) is 6.46. The van der Waals surface area contributed by atoms with Gasteiger partial charge < -0.3 is 14.6 Å². The Morgan fingerprint density at radius 1 is 1.03 bits per heavy atom. The molecule has 0 aromatic rings. The molecule has 0 heterocycles. The van der Waals surface area contributed by atoms with Gasteiger partial charge in [-0.2, -0.15) is 0 Å². The van der Waals surface area contributed by atoms with Crippen molar-refractivity contribution in [1.82, 2.24) is 0 Å². The average Bonchev–Trinajstić information content (AvgIpc) is 3.06. The molecule has 4 saturated carbocycles. The molecule has 1 N–H and O–H groups in total. The number of hydrogen-bond acceptors (Lipinski definition) is 5. The maximum Gasteiger partial charge on any atom is 0.305 e. The standard InChI is InChI=1S/C26H42O5/c1-16(27)31-19-12-13-25(2)18(14-19)8-10-20-21-11-9-17(6-5-7-24(29)30-4)26(21,3)23(28)15-22(20)25/h17-23,28H,5-15H2,1-4H3/t17-,18+,19+,20?,21-,22-,23-,25-,26+/m0/s1. The minimum Gasteiger partial charge on any atom is -0.469 e. The molecule has 5 nitrogen and oxygen atoms in total. The minimum absolute atomic E-state index is 0.0184. The molecule has 0 saturated heterocycles. The van der Waals surface area contributed by atoms with Crippen LogP contribution in [0, 0.1) is 40.4 Å². The summed E-state index contributed by atoms with van der Waals surface area (Å²) in [7, 11) is 1.46. The number of carbonyl (C=O) groups excluding carboxylic acids is 2. The Balaban J connectivity index is 1.47. The van der Waals surface area contributed by atoms with Crippen molar-refractivity contribution in [1.29, 1.82) is 0 Å². The van der Waals surface area contributed by atoms with Crippen molar-refractivity contribution in [3.8, 4) is 0 Å². The Hall–Kier alpha value is -1.10. The zero-order chi connectivity index (χ0) is 22.4. The van der Waals surface area contributed by atoms with Crippen molar-refractivity contribution in [3.63, 3.8) is 0 Å². The zero-order valence-electron chi connectivity index (χ0n) is 19.9. The monoisotopic (exact) mass is 434 g/mol. The average molecular weight is 435 g/mol. The number of hydrogen-bond donors (Lipinski definition) is 1. The van der Waals surface area contributed by atoms with E-state index in [-0.39, 0.29) is 35.0 Å². The quantitative estimate of drug-likeness (QED) is 0.624. The fourth-order valence-corrected chi connectivity index (χ4v) is 8.71. The first-order valence-electron chi connectivity index (χ1n) is 12.6. The Morgan fingerprint density at radius 3 is 2.52 bits per heavy atom. The summed E-state index contributed by atoms with van der Waals surface area (Å²) in [5.41, 5.74) is 0.236. The molecule has 4 aliphatic carbocycles. The summed E-state index contributed by atoms with van der Waals surface area (Å²) < 4.78 is 10.4. The van der Waals surface area contributed by atoms with Gasteiger partial charge in [0.2, 0.25) is 0 Å². The highest BCUT2D eigenvalue weighted by Gasteiger charge is 2.63.